The lowest BCUT2D eigenvalue weighted by Gasteiger charge is -2.20. The van der Waals surface area contributed by atoms with Crippen molar-refractivity contribution in [1.82, 2.24) is 19.5 Å². The van der Waals surface area contributed by atoms with E-state index in [9.17, 15) is 10.2 Å². The summed E-state index contributed by atoms with van der Waals surface area (Å²) in [5.41, 5.74) is 3.90. The van der Waals surface area contributed by atoms with Gasteiger partial charge in [-0.2, -0.15) is 0 Å². The standard InChI is InChI=1S/C42H35N5O5/c48-21-36-34(49)20-37(52-36)47-25-45-39-41(43-24-44-42(39)47)46-33-19-35(50-22-26-9-3-1-4-10-26)40(51-23-27-11-5-2-6-12-27)31-16-15-30-17-28-13-7-8-14-29(28)18-32(30)38(31)33/h1-19,24-25,34,36-37,48-49H,20-23H2,(H,43,44,46)/t34-,36+,37+/m0/s1. The average molecular weight is 690 g/mol. The van der Waals surface area contributed by atoms with Crippen LogP contribution in [-0.2, 0) is 18.0 Å². The minimum atomic E-state index is -0.792. The Morgan fingerprint density at radius 2 is 1.46 bits per heavy atom. The number of nitrogens with one attached hydrogen (secondary N) is 1. The molecule has 52 heavy (non-hydrogen) atoms. The van der Waals surface area contributed by atoms with Crippen LogP contribution in [0.2, 0.25) is 0 Å². The summed E-state index contributed by atoms with van der Waals surface area (Å²) in [6, 6.07) is 39.1. The zero-order chi connectivity index (χ0) is 35.0. The molecule has 0 unspecified atom stereocenters. The fourth-order valence-corrected chi connectivity index (χ4v) is 7.05. The summed E-state index contributed by atoms with van der Waals surface area (Å²) in [7, 11) is 0. The van der Waals surface area contributed by atoms with Crippen molar-refractivity contribution in [3.63, 3.8) is 0 Å². The molecule has 1 fully saturated rings. The number of nitrogens with zero attached hydrogens (tertiary/aromatic N) is 4. The number of aliphatic hydroxyl groups is 2. The number of hydrogen-bond acceptors (Lipinski definition) is 9. The van der Waals surface area contributed by atoms with Crippen molar-refractivity contribution in [2.24, 2.45) is 0 Å². The number of imidazole rings is 1. The number of benzene rings is 6. The normalized spacial score (nSPS) is 17.3. The molecule has 3 atom stereocenters. The van der Waals surface area contributed by atoms with Crippen molar-refractivity contribution in [1.29, 1.82) is 0 Å². The molecule has 3 N–H and O–H groups in total. The van der Waals surface area contributed by atoms with Crippen LogP contribution < -0.4 is 14.8 Å². The molecule has 0 spiro atoms. The Hall–Kier alpha value is -6.07. The van der Waals surface area contributed by atoms with Gasteiger partial charge < -0.3 is 29.7 Å². The van der Waals surface area contributed by atoms with Crippen LogP contribution in [0, 0.1) is 0 Å². The number of fused-ring (bicyclic) bond motifs is 5. The summed E-state index contributed by atoms with van der Waals surface area (Å²) in [5.74, 6) is 1.71. The van der Waals surface area contributed by atoms with Crippen molar-refractivity contribution in [2.75, 3.05) is 11.9 Å². The summed E-state index contributed by atoms with van der Waals surface area (Å²) in [4.78, 5) is 13.9. The first-order chi connectivity index (χ1) is 25.6. The van der Waals surface area contributed by atoms with E-state index in [1.807, 2.05) is 72.8 Å². The van der Waals surface area contributed by atoms with Crippen molar-refractivity contribution >= 4 is 55.0 Å². The van der Waals surface area contributed by atoms with Crippen LogP contribution in [0.15, 0.2) is 128 Å². The Bertz CT molecular complexity index is 2540. The molecule has 0 saturated carbocycles. The van der Waals surface area contributed by atoms with E-state index >= 15 is 0 Å². The molecule has 0 bridgehead atoms. The van der Waals surface area contributed by atoms with Gasteiger partial charge in [0.25, 0.3) is 0 Å². The maximum absolute atomic E-state index is 10.4. The lowest BCUT2D eigenvalue weighted by molar-refractivity contribution is -0.0432. The second-order valence-electron chi connectivity index (χ2n) is 13.0. The Kier molecular flexibility index (Phi) is 8.32. The highest BCUT2D eigenvalue weighted by molar-refractivity contribution is 6.19. The van der Waals surface area contributed by atoms with Gasteiger partial charge in [0.2, 0.25) is 0 Å². The molecule has 10 heteroatoms. The fourth-order valence-electron chi connectivity index (χ4n) is 7.05. The minimum absolute atomic E-state index is 0.276. The summed E-state index contributed by atoms with van der Waals surface area (Å²) < 4.78 is 21.0. The molecule has 0 aliphatic carbocycles. The highest BCUT2D eigenvalue weighted by Gasteiger charge is 2.35. The van der Waals surface area contributed by atoms with E-state index in [1.165, 1.54) is 6.33 Å². The molecule has 1 aliphatic heterocycles. The van der Waals surface area contributed by atoms with E-state index in [0.717, 1.165) is 49.1 Å². The highest BCUT2D eigenvalue weighted by Crippen LogP contribution is 2.46. The Labute approximate surface area is 298 Å². The third kappa shape index (κ3) is 5.92. The number of anilines is 2. The van der Waals surface area contributed by atoms with Crippen LogP contribution in [0.4, 0.5) is 11.5 Å². The Morgan fingerprint density at radius 3 is 2.19 bits per heavy atom. The average Bonchev–Trinajstić information content (AvgIpc) is 3.80. The van der Waals surface area contributed by atoms with Crippen LogP contribution in [0.5, 0.6) is 11.5 Å². The van der Waals surface area contributed by atoms with Crippen LogP contribution in [0.1, 0.15) is 23.8 Å². The van der Waals surface area contributed by atoms with E-state index in [0.29, 0.717) is 48.1 Å². The van der Waals surface area contributed by atoms with E-state index in [-0.39, 0.29) is 6.61 Å². The van der Waals surface area contributed by atoms with Crippen LogP contribution in [0.25, 0.3) is 43.5 Å². The minimum Gasteiger partial charge on any atom is -0.485 e. The first kappa shape index (κ1) is 31.9. The van der Waals surface area contributed by atoms with E-state index < -0.39 is 18.4 Å². The van der Waals surface area contributed by atoms with Crippen LogP contribution in [-0.4, -0.2) is 48.5 Å². The van der Waals surface area contributed by atoms with Gasteiger partial charge >= 0.3 is 0 Å². The van der Waals surface area contributed by atoms with Crippen molar-refractivity contribution in [3.8, 4) is 11.5 Å². The van der Waals surface area contributed by atoms with Gasteiger partial charge in [-0.15, -0.1) is 0 Å². The molecule has 3 heterocycles. The van der Waals surface area contributed by atoms with Gasteiger partial charge in [0.1, 0.15) is 31.9 Å². The highest BCUT2D eigenvalue weighted by atomic mass is 16.5. The quantitative estimate of drug-likeness (QED) is 0.0974. The zero-order valence-electron chi connectivity index (χ0n) is 28.1. The van der Waals surface area contributed by atoms with E-state index in [1.54, 1.807) is 10.9 Å². The lowest BCUT2D eigenvalue weighted by Crippen LogP contribution is -2.24. The van der Waals surface area contributed by atoms with Gasteiger partial charge in [-0.3, -0.25) is 4.57 Å². The third-order valence-electron chi connectivity index (χ3n) is 9.67. The smallest absolute Gasteiger partial charge is 0.169 e. The SMILES string of the molecule is OC[C@H]1O[C@@H](n2cnc3c(Nc4cc(OCc5ccccc5)c(OCc5ccccc5)c5ccc6cc7ccccc7cc6c45)ncnc32)C[C@@H]1O. The van der Waals surface area contributed by atoms with Gasteiger partial charge in [-0.25, -0.2) is 15.0 Å². The molecule has 0 radical (unpaired) electrons. The second-order valence-corrected chi connectivity index (χ2v) is 13.0. The number of ether oxygens (including phenoxy) is 3. The second kappa shape index (κ2) is 13.6. The number of aromatic nitrogens is 4. The van der Waals surface area contributed by atoms with Gasteiger partial charge in [-0.1, -0.05) is 91.0 Å². The molecule has 0 amide bonds. The summed E-state index contributed by atoms with van der Waals surface area (Å²) >= 11 is 0. The largest absolute Gasteiger partial charge is 0.485 e. The molecule has 8 aromatic rings. The molecule has 258 valence electrons. The van der Waals surface area contributed by atoms with Crippen LogP contribution in [0.3, 0.4) is 0 Å². The predicted molar refractivity (Wildman–Crippen MR) is 201 cm³/mol. The number of aliphatic hydroxyl groups excluding tert-OH is 2. The van der Waals surface area contributed by atoms with Gasteiger partial charge in [0.15, 0.2) is 28.5 Å². The van der Waals surface area contributed by atoms with Gasteiger partial charge in [0, 0.05) is 23.3 Å². The predicted octanol–water partition coefficient (Wildman–Crippen LogP) is 7.83. The van der Waals surface area contributed by atoms with Crippen molar-refractivity contribution in [3.05, 3.63) is 139 Å². The van der Waals surface area contributed by atoms with Crippen molar-refractivity contribution in [2.45, 2.75) is 38.1 Å². The zero-order valence-corrected chi connectivity index (χ0v) is 28.1. The lowest BCUT2D eigenvalue weighted by atomic mass is 9.96. The van der Waals surface area contributed by atoms with Gasteiger partial charge in [0.05, 0.1) is 24.7 Å². The van der Waals surface area contributed by atoms with E-state index in [2.05, 4.69) is 57.7 Å². The first-order valence-electron chi connectivity index (χ1n) is 17.3. The number of hydrogen-bond donors (Lipinski definition) is 3. The molecule has 9 rings (SSSR count). The maximum Gasteiger partial charge on any atom is 0.169 e. The summed E-state index contributed by atoms with van der Waals surface area (Å²) in [5, 5.41) is 29.9. The Balaban J connectivity index is 1.22. The maximum atomic E-state index is 10.4. The van der Waals surface area contributed by atoms with Crippen LogP contribution >= 0.6 is 0 Å². The number of rotatable bonds is 10. The topological polar surface area (TPSA) is 124 Å². The summed E-state index contributed by atoms with van der Waals surface area (Å²) in [6.45, 7) is 0.428. The molecule has 6 aromatic carbocycles. The molecule has 1 saturated heterocycles. The molecule has 10 nitrogen and oxygen atoms in total. The fraction of sp³-hybridized carbons (Fsp3) is 0.167. The van der Waals surface area contributed by atoms with Gasteiger partial charge in [-0.05, 0) is 50.9 Å². The molecule has 1 aliphatic rings. The molecular weight excluding hydrogens is 654 g/mol. The first-order valence-corrected chi connectivity index (χ1v) is 17.3. The molecular formula is C42H35N5O5. The monoisotopic (exact) mass is 689 g/mol. The Morgan fingerprint density at radius 1 is 0.750 bits per heavy atom. The summed E-state index contributed by atoms with van der Waals surface area (Å²) in [6.07, 6.45) is 1.43. The third-order valence-corrected chi connectivity index (χ3v) is 9.67. The van der Waals surface area contributed by atoms with Crippen molar-refractivity contribution < 1.29 is 24.4 Å². The van der Waals surface area contributed by atoms with E-state index in [4.69, 9.17) is 19.2 Å². The molecule has 2 aromatic heterocycles.